The number of imidazole rings is 2. The largest absolute Gasteiger partial charge is 0.433 e. The number of terminal acetylenes is 1. The van der Waals surface area contributed by atoms with E-state index < -0.39 is 34.8 Å². The van der Waals surface area contributed by atoms with Gasteiger partial charge in [-0.15, -0.1) is 16.6 Å². The Hall–Kier alpha value is -9.22. The summed E-state index contributed by atoms with van der Waals surface area (Å²) in [6.07, 6.45) is 14.2. The van der Waals surface area contributed by atoms with Crippen molar-refractivity contribution in [3.63, 3.8) is 0 Å². The fraction of sp³-hybridized carbons (Fsp3) is 0.327. The van der Waals surface area contributed by atoms with E-state index in [1.54, 1.807) is 50.8 Å². The molecule has 0 atom stereocenters. The summed E-state index contributed by atoms with van der Waals surface area (Å²) in [6.45, 7) is 6.73. The van der Waals surface area contributed by atoms with Crippen molar-refractivity contribution >= 4 is 80.0 Å². The van der Waals surface area contributed by atoms with E-state index in [1.165, 1.54) is 48.4 Å². The normalized spacial score (nSPS) is 13.7. The number of amides is 2. The number of anilines is 2. The summed E-state index contributed by atoms with van der Waals surface area (Å²) in [4.78, 5) is 106. The number of pyridine rings is 2. The Labute approximate surface area is 476 Å². The summed E-state index contributed by atoms with van der Waals surface area (Å²) in [5, 5.41) is 7.24. The zero-order valence-corrected chi connectivity index (χ0v) is 46.2. The Kier molecular flexibility index (Phi) is 14.9. The summed E-state index contributed by atoms with van der Waals surface area (Å²) in [7, 11) is 0. The van der Waals surface area contributed by atoms with Gasteiger partial charge in [-0.25, -0.2) is 29.3 Å². The molecule has 2 N–H and O–H groups in total. The summed E-state index contributed by atoms with van der Waals surface area (Å²) >= 11 is 12.1. The predicted octanol–water partition coefficient (Wildman–Crippen LogP) is 7.50. The van der Waals surface area contributed by atoms with Crippen LogP contribution in [0.15, 0.2) is 97.3 Å². The van der Waals surface area contributed by atoms with Gasteiger partial charge >= 0.3 is 23.5 Å². The summed E-state index contributed by atoms with van der Waals surface area (Å²) in [5.74, 6) is 3.04. The average Bonchev–Trinajstić information content (AvgIpc) is 4.35. The summed E-state index contributed by atoms with van der Waals surface area (Å²) in [5.41, 5.74) is 0.471. The number of carbonyl (C=O) groups is 2. The molecule has 2 fully saturated rings. The number of H-pyrrole nitrogens is 2. The highest BCUT2D eigenvalue weighted by atomic mass is 35.5. The number of hydrogen-bond donors (Lipinski definition) is 2. The molecular formula is C55H50Cl2F3N16O7+. The van der Waals surface area contributed by atoms with Crippen LogP contribution >= 0.6 is 23.2 Å². The van der Waals surface area contributed by atoms with E-state index in [1.807, 2.05) is 13.8 Å². The number of oxazole rings is 1. The van der Waals surface area contributed by atoms with Crippen LogP contribution in [-0.4, -0.2) is 87.7 Å². The van der Waals surface area contributed by atoms with Gasteiger partial charge in [0.05, 0.1) is 41.5 Å². The van der Waals surface area contributed by atoms with E-state index in [0.29, 0.717) is 71.7 Å². The molecule has 2 amide bonds. The van der Waals surface area contributed by atoms with Crippen LogP contribution in [0.4, 0.5) is 24.8 Å². The highest BCUT2D eigenvalue weighted by Gasteiger charge is 2.35. The number of hydrogen-bond acceptors (Lipinski definition) is 13. The maximum atomic E-state index is 13.5. The first-order chi connectivity index (χ1) is 39.9. The van der Waals surface area contributed by atoms with Crippen LogP contribution in [0.25, 0.3) is 56.3 Å². The molecule has 426 valence electrons. The lowest BCUT2D eigenvalue weighted by atomic mass is 10.2. The van der Waals surface area contributed by atoms with Crippen LogP contribution in [0.2, 0.25) is 10.3 Å². The van der Waals surface area contributed by atoms with Crippen molar-refractivity contribution in [3.8, 4) is 35.2 Å². The Bertz CT molecular complexity index is 4500. The van der Waals surface area contributed by atoms with Gasteiger partial charge in [0.1, 0.15) is 34.5 Å². The van der Waals surface area contributed by atoms with Gasteiger partial charge in [-0.1, -0.05) is 48.9 Å². The third-order valence-electron chi connectivity index (χ3n) is 14.7. The Morgan fingerprint density at radius 2 is 1.59 bits per heavy atom. The quantitative estimate of drug-likeness (QED) is 0.0791. The number of aromatic nitrogens is 14. The standard InChI is InChI=1S/C28H26F3N7O4.C27H23Cl2N9O3/c1-3-35(25(39)16-9-11-20(32-13-16)28(29,30)31)21-12-10-18(19-14-42-15-37(19)21)23-33-22-24(34-23)36(4-2)27(41)38(26(22)40)17-7-5-6-8-17;1-3-9-36(25(39)16-12-19(28)33-34-21(16)29)23-17-6-5-11-35(17)18(13-30-23)22-31-20-24(32-22)37(10-4-2)27(41)38(26(20)40)14-15-7-8-15/h9-15,17H,3-8H2,1-2H3;1,5-6,11-13,15H,4,7-10,14H2,2H3,(H,31,32)/p+1. The Morgan fingerprint density at radius 3 is 2.28 bits per heavy atom. The molecule has 0 radical (unpaired) electrons. The first-order valence-electron chi connectivity index (χ1n) is 26.6. The van der Waals surface area contributed by atoms with E-state index in [9.17, 15) is 41.9 Å². The van der Waals surface area contributed by atoms with E-state index in [4.69, 9.17) is 34.0 Å². The molecule has 2 aliphatic rings. The first kappa shape index (κ1) is 55.7. The third-order valence-corrected chi connectivity index (χ3v) is 15.1. The lowest BCUT2D eigenvalue weighted by Gasteiger charge is -2.21. The Morgan fingerprint density at radius 1 is 0.855 bits per heavy atom. The van der Waals surface area contributed by atoms with Crippen LogP contribution in [0, 0.1) is 18.3 Å². The third kappa shape index (κ3) is 10.1. The fourth-order valence-electron chi connectivity index (χ4n) is 10.5. The summed E-state index contributed by atoms with van der Waals surface area (Å²) < 4.78 is 53.4. The number of alkyl halides is 3. The number of nitrogens with one attached hydrogen (secondary N) is 2. The summed E-state index contributed by atoms with van der Waals surface area (Å²) in [6, 6.07) is 9.91. The van der Waals surface area contributed by atoms with Crippen molar-refractivity contribution in [2.45, 2.75) is 97.6 Å². The first-order valence-corrected chi connectivity index (χ1v) is 27.4. The predicted molar refractivity (Wildman–Crippen MR) is 300 cm³/mol. The number of carbonyl (C=O) groups excluding carboxylic acids is 2. The van der Waals surface area contributed by atoms with Crippen LogP contribution in [0.1, 0.15) is 98.2 Å². The lowest BCUT2D eigenvalue weighted by Crippen LogP contribution is -2.41. The lowest BCUT2D eigenvalue weighted by molar-refractivity contribution is -0.503. The monoisotopic (exact) mass is 1170 g/mol. The minimum atomic E-state index is -4.62. The number of rotatable bonds is 14. The highest BCUT2D eigenvalue weighted by Crippen LogP contribution is 2.33. The Balaban J connectivity index is 0.000000174. The molecule has 0 aromatic carbocycles. The van der Waals surface area contributed by atoms with Gasteiger partial charge in [0, 0.05) is 44.1 Å². The van der Waals surface area contributed by atoms with Gasteiger partial charge in [-0.05, 0) is 88.3 Å². The van der Waals surface area contributed by atoms with Crippen molar-refractivity contribution in [1.29, 1.82) is 0 Å². The minimum Gasteiger partial charge on any atom is -0.432 e. The van der Waals surface area contributed by atoms with Gasteiger partial charge in [0.25, 0.3) is 29.2 Å². The average molecular weight is 1180 g/mol. The maximum absolute atomic E-state index is 13.5. The molecule has 83 heavy (non-hydrogen) atoms. The molecule has 0 saturated heterocycles. The zero-order valence-electron chi connectivity index (χ0n) is 44.7. The fourth-order valence-corrected chi connectivity index (χ4v) is 10.8. The van der Waals surface area contributed by atoms with Crippen LogP contribution in [-0.2, 0) is 25.8 Å². The molecule has 12 rings (SSSR count). The molecule has 28 heteroatoms. The van der Waals surface area contributed by atoms with Gasteiger partial charge in [0.2, 0.25) is 0 Å². The van der Waals surface area contributed by atoms with E-state index in [2.05, 4.69) is 46.0 Å². The van der Waals surface area contributed by atoms with Gasteiger partial charge in [0.15, 0.2) is 38.8 Å². The van der Waals surface area contributed by atoms with Gasteiger partial charge in [-0.2, -0.15) is 22.5 Å². The van der Waals surface area contributed by atoms with Crippen LogP contribution < -0.4 is 36.7 Å². The molecule has 0 spiro atoms. The zero-order chi connectivity index (χ0) is 58.6. The molecule has 0 aliphatic heterocycles. The van der Waals surface area contributed by atoms with Crippen LogP contribution in [0.3, 0.4) is 0 Å². The number of aryl methyl sites for hydroxylation is 2. The maximum Gasteiger partial charge on any atom is 0.433 e. The molecule has 0 bridgehead atoms. The van der Waals surface area contributed by atoms with E-state index in [-0.39, 0.29) is 80.1 Å². The topological polar surface area (TPSA) is 259 Å². The highest BCUT2D eigenvalue weighted by molar-refractivity contribution is 6.34. The number of fused-ring (bicyclic) bond motifs is 4. The van der Waals surface area contributed by atoms with Gasteiger partial charge < -0.3 is 18.8 Å². The molecule has 10 heterocycles. The van der Waals surface area contributed by atoms with E-state index >= 15 is 0 Å². The van der Waals surface area contributed by atoms with Crippen molar-refractivity contribution in [1.82, 2.24) is 62.8 Å². The second-order valence-corrected chi connectivity index (χ2v) is 20.6. The van der Waals surface area contributed by atoms with Crippen molar-refractivity contribution in [3.05, 3.63) is 143 Å². The molecular weight excluding hydrogens is 1120 g/mol. The van der Waals surface area contributed by atoms with Crippen molar-refractivity contribution < 1.29 is 31.6 Å². The second-order valence-electron chi connectivity index (χ2n) is 19.9. The minimum absolute atomic E-state index is 0.00261. The molecule has 10 aromatic rings. The second kappa shape index (κ2) is 22.3. The molecule has 2 saturated carbocycles. The molecule has 0 unspecified atom stereocenters. The number of nitrogens with zero attached hydrogens (tertiary/aromatic N) is 14. The van der Waals surface area contributed by atoms with Crippen LogP contribution in [0.5, 0.6) is 0 Å². The number of halogens is 5. The molecule has 10 aromatic heterocycles. The SMILES string of the molecule is C#CCN(C(=O)c1cc(Cl)nnc1Cl)c1ncc(-c2nc3c([nH]2)c(=O)n(CC2CC2)c(=O)n3CCC)n2cccc12.CCN(C(=O)c1ccc(C(F)(F)F)nc1)c1ccc(-c2nc3c([nH]2)c(=O)n(C2CCCC2)c(=O)n3CC)c2coc[n+]12. The van der Waals surface area contributed by atoms with Crippen molar-refractivity contribution in [2.24, 2.45) is 5.92 Å². The van der Waals surface area contributed by atoms with E-state index in [0.717, 1.165) is 56.9 Å². The smallest absolute Gasteiger partial charge is 0.432 e. The molecule has 2 aliphatic carbocycles. The van der Waals surface area contributed by atoms with Gasteiger partial charge in [-0.3, -0.25) is 42.5 Å². The molecule has 23 nitrogen and oxygen atoms in total. The number of aromatic amines is 2. The van der Waals surface area contributed by atoms with Crippen molar-refractivity contribution in [2.75, 3.05) is 22.9 Å².